The molecule has 0 radical (unpaired) electrons. The molecule has 0 aliphatic carbocycles. The Morgan fingerprint density at radius 2 is 1.88 bits per heavy atom. The number of hydrogen-bond donors (Lipinski definition) is 1. The molecule has 0 aromatic heterocycles. The SMILES string of the molecule is CCc1ccc(C(N)CC2CCOCC2)cc1. The standard InChI is InChI=1S/C15H23NO/c1-2-12-3-5-14(6-4-12)15(16)11-13-7-9-17-10-8-13/h3-6,13,15H,2,7-11,16H2,1H3. The van der Waals surface area contributed by atoms with Crippen molar-refractivity contribution in [3.8, 4) is 0 Å². The van der Waals surface area contributed by atoms with Gasteiger partial charge >= 0.3 is 0 Å². The molecule has 0 amide bonds. The summed E-state index contributed by atoms with van der Waals surface area (Å²) < 4.78 is 5.38. The van der Waals surface area contributed by atoms with Crippen molar-refractivity contribution in [2.24, 2.45) is 11.7 Å². The Morgan fingerprint density at radius 3 is 2.47 bits per heavy atom. The molecule has 1 aliphatic heterocycles. The fourth-order valence-corrected chi connectivity index (χ4v) is 2.48. The molecule has 1 atom stereocenters. The third kappa shape index (κ3) is 3.55. The van der Waals surface area contributed by atoms with Crippen LogP contribution >= 0.6 is 0 Å². The van der Waals surface area contributed by atoms with Crippen molar-refractivity contribution < 1.29 is 4.74 Å². The number of benzene rings is 1. The summed E-state index contributed by atoms with van der Waals surface area (Å²) in [6, 6.07) is 8.94. The number of aryl methyl sites for hydroxylation is 1. The van der Waals surface area contributed by atoms with Crippen LogP contribution in [0.25, 0.3) is 0 Å². The van der Waals surface area contributed by atoms with E-state index in [-0.39, 0.29) is 6.04 Å². The summed E-state index contributed by atoms with van der Waals surface area (Å²) in [5.41, 5.74) is 8.93. The van der Waals surface area contributed by atoms with Crippen molar-refractivity contribution >= 4 is 0 Å². The summed E-state index contributed by atoms with van der Waals surface area (Å²) in [5.74, 6) is 0.740. The van der Waals surface area contributed by atoms with Crippen LogP contribution in [0.5, 0.6) is 0 Å². The van der Waals surface area contributed by atoms with E-state index in [0.717, 1.165) is 32.0 Å². The molecule has 1 unspecified atom stereocenters. The third-order valence-corrected chi connectivity index (χ3v) is 3.74. The Balaban J connectivity index is 1.91. The van der Waals surface area contributed by atoms with Crippen LogP contribution < -0.4 is 5.73 Å². The van der Waals surface area contributed by atoms with Crippen molar-refractivity contribution in [2.75, 3.05) is 13.2 Å². The zero-order valence-corrected chi connectivity index (χ0v) is 10.7. The van der Waals surface area contributed by atoms with Crippen LogP contribution in [0, 0.1) is 5.92 Å². The Kier molecular flexibility index (Phi) is 4.57. The van der Waals surface area contributed by atoms with E-state index in [4.69, 9.17) is 10.5 Å². The molecule has 0 saturated carbocycles. The highest BCUT2D eigenvalue weighted by Crippen LogP contribution is 2.26. The van der Waals surface area contributed by atoms with Gasteiger partial charge in [0.15, 0.2) is 0 Å². The van der Waals surface area contributed by atoms with Crippen molar-refractivity contribution in [2.45, 2.75) is 38.6 Å². The maximum absolute atomic E-state index is 6.28. The minimum atomic E-state index is 0.184. The van der Waals surface area contributed by atoms with Gasteiger partial charge in [-0.2, -0.15) is 0 Å². The largest absolute Gasteiger partial charge is 0.381 e. The zero-order chi connectivity index (χ0) is 12.1. The molecule has 1 aromatic rings. The highest BCUT2D eigenvalue weighted by molar-refractivity contribution is 5.24. The van der Waals surface area contributed by atoms with Crippen LogP contribution in [-0.4, -0.2) is 13.2 Å². The molecular formula is C15H23NO. The van der Waals surface area contributed by atoms with E-state index in [2.05, 4.69) is 31.2 Å². The van der Waals surface area contributed by atoms with E-state index in [9.17, 15) is 0 Å². The van der Waals surface area contributed by atoms with Gasteiger partial charge in [-0.15, -0.1) is 0 Å². The first-order valence-corrected chi connectivity index (χ1v) is 6.71. The molecule has 0 bridgehead atoms. The van der Waals surface area contributed by atoms with Gasteiger partial charge in [-0.3, -0.25) is 0 Å². The van der Waals surface area contributed by atoms with Crippen molar-refractivity contribution in [3.63, 3.8) is 0 Å². The van der Waals surface area contributed by atoms with Crippen LogP contribution in [0.1, 0.15) is 43.4 Å². The maximum Gasteiger partial charge on any atom is 0.0468 e. The molecule has 0 spiro atoms. The van der Waals surface area contributed by atoms with E-state index < -0.39 is 0 Å². The Hall–Kier alpha value is -0.860. The lowest BCUT2D eigenvalue weighted by Crippen LogP contribution is -2.21. The highest BCUT2D eigenvalue weighted by atomic mass is 16.5. The van der Waals surface area contributed by atoms with Crippen LogP contribution in [0.3, 0.4) is 0 Å². The summed E-state index contributed by atoms with van der Waals surface area (Å²) in [4.78, 5) is 0. The van der Waals surface area contributed by atoms with E-state index in [0.29, 0.717) is 0 Å². The van der Waals surface area contributed by atoms with Gasteiger partial charge in [0, 0.05) is 19.3 Å². The normalized spacial score (nSPS) is 19.2. The molecule has 17 heavy (non-hydrogen) atoms. The predicted molar refractivity (Wildman–Crippen MR) is 70.9 cm³/mol. The van der Waals surface area contributed by atoms with Crippen molar-refractivity contribution in [1.29, 1.82) is 0 Å². The van der Waals surface area contributed by atoms with Gasteiger partial charge in [0.25, 0.3) is 0 Å². The molecule has 1 saturated heterocycles. The van der Waals surface area contributed by atoms with Gasteiger partial charge in [0.2, 0.25) is 0 Å². The van der Waals surface area contributed by atoms with Gasteiger partial charge in [0.1, 0.15) is 0 Å². The summed E-state index contributed by atoms with van der Waals surface area (Å²) in [5, 5.41) is 0. The van der Waals surface area contributed by atoms with E-state index in [1.165, 1.54) is 24.0 Å². The summed E-state index contributed by atoms with van der Waals surface area (Å²) in [7, 11) is 0. The first kappa shape index (κ1) is 12.6. The lowest BCUT2D eigenvalue weighted by atomic mass is 9.89. The van der Waals surface area contributed by atoms with E-state index in [1.807, 2.05) is 0 Å². The Bertz CT molecular complexity index is 327. The fraction of sp³-hybridized carbons (Fsp3) is 0.600. The first-order chi connectivity index (χ1) is 8.29. The lowest BCUT2D eigenvalue weighted by molar-refractivity contribution is 0.0618. The number of nitrogens with two attached hydrogens (primary N) is 1. The maximum atomic E-state index is 6.28. The number of ether oxygens (including phenoxy) is 1. The monoisotopic (exact) mass is 233 g/mol. The van der Waals surface area contributed by atoms with Crippen molar-refractivity contribution in [3.05, 3.63) is 35.4 Å². The lowest BCUT2D eigenvalue weighted by Gasteiger charge is -2.25. The number of rotatable bonds is 4. The molecule has 1 heterocycles. The first-order valence-electron chi connectivity index (χ1n) is 6.71. The van der Waals surface area contributed by atoms with E-state index >= 15 is 0 Å². The average Bonchev–Trinajstić information content (AvgIpc) is 2.40. The second-order valence-electron chi connectivity index (χ2n) is 4.99. The average molecular weight is 233 g/mol. The molecule has 2 rings (SSSR count). The molecule has 2 nitrogen and oxygen atoms in total. The molecule has 94 valence electrons. The smallest absolute Gasteiger partial charge is 0.0468 e. The zero-order valence-electron chi connectivity index (χ0n) is 10.7. The Morgan fingerprint density at radius 1 is 1.24 bits per heavy atom. The summed E-state index contributed by atoms with van der Waals surface area (Å²) >= 11 is 0. The summed E-state index contributed by atoms with van der Waals surface area (Å²) in [6.07, 6.45) is 4.52. The van der Waals surface area contributed by atoms with Gasteiger partial charge in [-0.1, -0.05) is 31.2 Å². The van der Waals surface area contributed by atoms with Gasteiger partial charge in [-0.25, -0.2) is 0 Å². The minimum absolute atomic E-state index is 0.184. The highest BCUT2D eigenvalue weighted by Gasteiger charge is 2.17. The minimum Gasteiger partial charge on any atom is -0.381 e. The third-order valence-electron chi connectivity index (χ3n) is 3.74. The fourth-order valence-electron chi connectivity index (χ4n) is 2.48. The summed E-state index contributed by atoms with van der Waals surface area (Å²) in [6.45, 7) is 4.00. The number of hydrogen-bond acceptors (Lipinski definition) is 2. The van der Waals surface area contributed by atoms with Gasteiger partial charge < -0.3 is 10.5 Å². The molecule has 1 aromatic carbocycles. The van der Waals surface area contributed by atoms with E-state index in [1.54, 1.807) is 0 Å². The second-order valence-corrected chi connectivity index (χ2v) is 4.99. The quantitative estimate of drug-likeness (QED) is 0.867. The van der Waals surface area contributed by atoms with Crippen molar-refractivity contribution in [1.82, 2.24) is 0 Å². The van der Waals surface area contributed by atoms with Gasteiger partial charge in [-0.05, 0) is 42.7 Å². The van der Waals surface area contributed by atoms with Gasteiger partial charge in [0.05, 0.1) is 0 Å². The topological polar surface area (TPSA) is 35.2 Å². The molecule has 1 fully saturated rings. The molecule has 1 aliphatic rings. The molecule has 2 N–H and O–H groups in total. The molecule has 2 heteroatoms. The Labute approximate surface area is 104 Å². The predicted octanol–water partition coefficient (Wildman–Crippen LogP) is 3.07. The second kappa shape index (κ2) is 6.18. The van der Waals surface area contributed by atoms with Crippen LogP contribution in [-0.2, 0) is 11.2 Å². The van der Waals surface area contributed by atoms with Crippen LogP contribution in [0.15, 0.2) is 24.3 Å². The van der Waals surface area contributed by atoms with Crippen LogP contribution in [0.2, 0.25) is 0 Å². The molecular weight excluding hydrogens is 210 g/mol. The van der Waals surface area contributed by atoms with Crippen LogP contribution in [0.4, 0.5) is 0 Å².